The Kier molecular flexibility index (Phi) is 5.48. The number of hydrazine groups is 1. The Morgan fingerprint density at radius 1 is 1.07 bits per heavy atom. The molecule has 0 saturated carbocycles. The summed E-state index contributed by atoms with van der Waals surface area (Å²) in [5, 5.41) is 5.32. The summed E-state index contributed by atoms with van der Waals surface area (Å²) < 4.78 is 5.56. The third-order valence-corrected chi connectivity index (χ3v) is 5.79. The lowest BCUT2D eigenvalue weighted by molar-refractivity contribution is 0.0768. The highest BCUT2D eigenvalue weighted by Gasteiger charge is 2.41. The molecule has 1 spiro atoms. The Bertz CT molecular complexity index is 881. The van der Waals surface area contributed by atoms with E-state index in [-0.39, 0.29) is 5.54 Å². The highest BCUT2D eigenvalue weighted by Crippen LogP contribution is 2.41. The zero-order chi connectivity index (χ0) is 18.9. The average molecular weight is 426 g/mol. The number of nitrogens with one attached hydrogen (secondary N) is 3. The molecule has 2 aromatic rings. The van der Waals surface area contributed by atoms with Crippen LogP contribution in [0.3, 0.4) is 0 Å². The first-order valence-electron chi connectivity index (χ1n) is 8.73. The van der Waals surface area contributed by atoms with Crippen LogP contribution in [-0.4, -0.2) is 24.6 Å². The van der Waals surface area contributed by atoms with Crippen LogP contribution in [0, 0.1) is 0 Å². The molecule has 2 aliphatic heterocycles. The van der Waals surface area contributed by atoms with Crippen molar-refractivity contribution in [2.24, 2.45) is 4.99 Å². The maximum atomic E-state index is 6.19. The number of amidine groups is 1. The van der Waals surface area contributed by atoms with Crippen LogP contribution in [0.25, 0.3) is 0 Å². The molecule has 0 bridgehead atoms. The van der Waals surface area contributed by atoms with E-state index in [1.165, 1.54) is 0 Å². The minimum absolute atomic E-state index is 0.330. The summed E-state index contributed by atoms with van der Waals surface area (Å²) in [4.78, 5) is 4.83. The van der Waals surface area contributed by atoms with Gasteiger partial charge in [-0.25, -0.2) is 10.4 Å². The van der Waals surface area contributed by atoms with E-state index in [9.17, 15) is 0 Å². The lowest BCUT2D eigenvalue weighted by Crippen LogP contribution is -2.59. The zero-order valence-electron chi connectivity index (χ0n) is 14.5. The van der Waals surface area contributed by atoms with Crippen molar-refractivity contribution >= 4 is 52.0 Å². The van der Waals surface area contributed by atoms with Gasteiger partial charge in [0.1, 0.15) is 11.4 Å². The second-order valence-electron chi connectivity index (χ2n) is 6.67. The molecule has 0 amide bonds. The molecule has 2 aromatic carbocycles. The van der Waals surface area contributed by atoms with Gasteiger partial charge in [0.05, 0.1) is 21.4 Å². The number of nitrogens with zero attached hydrogens (tertiary/aromatic N) is 1. The zero-order valence-corrected chi connectivity index (χ0v) is 16.8. The number of hydrogen-bond donors (Lipinski definition) is 3. The van der Waals surface area contributed by atoms with Gasteiger partial charge in [-0.15, -0.1) is 0 Å². The Morgan fingerprint density at radius 3 is 2.63 bits per heavy atom. The van der Waals surface area contributed by atoms with E-state index in [0.29, 0.717) is 34.8 Å². The summed E-state index contributed by atoms with van der Waals surface area (Å²) in [5.41, 5.74) is 8.92. The Hall–Kier alpha value is -1.50. The predicted molar refractivity (Wildman–Crippen MR) is 111 cm³/mol. The smallest absolute Gasteiger partial charge is 0.142 e. The third kappa shape index (κ3) is 4.03. The standard InChI is InChI=1S/C19H19Cl3N4O/c20-13-3-1-2-12(8-13)11-23-26-18-19(4-6-27-7-5-19)25-17-10-15(22)14(21)9-16(17)24-18/h1-3,8-10,23,25H,4-7,11H2,(H,24,26). The van der Waals surface area contributed by atoms with Crippen molar-refractivity contribution in [2.75, 3.05) is 18.5 Å². The molecule has 2 aliphatic rings. The minimum atomic E-state index is -0.330. The molecule has 2 heterocycles. The molecule has 0 radical (unpaired) electrons. The van der Waals surface area contributed by atoms with Crippen LogP contribution in [0.4, 0.5) is 11.4 Å². The summed E-state index contributed by atoms with van der Waals surface area (Å²) in [6.07, 6.45) is 1.61. The van der Waals surface area contributed by atoms with Crippen LogP contribution in [-0.2, 0) is 11.3 Å². The molecule has 0 aliphatic carbocycles. The maximum Gasteiger partial charge on any atom is 0.142 e. The normalized spacial score (nSPS) is 17.8. The van der Waals surface area contributed by atoms with Crippen LogP contribution in [0.15, 0.2) is 41.4 Å². The predicted octanol–water partition coefficient (Wildman–Crippen LogP) is 4.95. The number of hydrogen-bond acceptors (Lipinski definition) is 5. The second-order valence-corrected chi connectivity index (χ2v) is 7.92. The van der Waals surface area contributed by atoms with E-state index in [4.69, 9.17) is 44.5 Å². The van der Waals surface area contributed by atoms with Gasteiger partial charge < -0.3 is 15.5 Å². The van der Waals surface area contributed by atoms with Crippen LogP contribution in [0.5, 0.6) is 0 Å². The molecule has 3 N–H and O–H groups in total. The van der Waals surface area contributed by atoms with Crippen LogP contribution in [0.1, 0.15) is 18.4 Å². The highest BCUT2D eigenvalue weighted by atomic mass is 35.5. The first kappa shape index (κ1) is 18.8. The Morgan fingerprint density at radius 2 is 1.85 bits per heavy atom. The molecule has 5 nitrogen and oxygen atoms in total. The number of aliphatic imine (C=N–C) groups is 1. The number of benzene rings is 2. The Balaban J connectivity index is 1.58. The lowest BCUT2D eigenvalue weighted by Gasteiger charge is -2.42. The van der Waals surface area contributed by atoms with Crippen molar-refractivity contribution in [1.29, 1.82) is 0 Å². The van der Waals surface area contributed by atoms with Gasteiger partial charge in [-0.2, -0.15) is 0 Å². The van der Waals surface area contributed by atoms with Gasteiger partial charge in [-0.3, -0.25) is 0 Å². The topological polar surface area (TPSA) is 57.7 Å². The van der Waals surface area contributed by atoms with E-state index < -0.39 is 0 Å². The number of ether oxygens (including phenoxy) is 1. The van der Waals surface area contributed by atoms with E-state index in [1.807, 2.05) is 30.3 Å². The van der Waals surface area contributed by atoms with Gasteiger partial charge in [-0.1, -0.05) is 46.9 Å². The molecular weight excluding hydrogens is 407 g/mol. The summed E-state index contributed by atoms with van der Waals surface area (Å²) >= 11 is 18.4. The maximum absolute atomic E-state index is 6.19. The molecule has 0 aromatic heterocycles. The molecule has 0 unspecified atom stereocenters. The SMILES string of the molecule is Clc1cccc(CNNC2=Nc3cc(Cl)c(Cl)cc3NC23CCOCC3)c1. The highest BCUT2D eigenvalue weighted by molar-refractivity contribution is 6.42. The number of halogens is 3. The van der Waals surface area contributed by atoms with Gasteiger partial charge in [0.15, 0.2) is 0 Å². The Labute approximate surface area is 173 Å². The van der Waals surface area contributed by atoms with E-state index >= 15 is 0 Å². The van der Waals surface area contributed by atoms with E-state index in [2.05, 4.69) is 16.2 Å². The van der Waals surface area contributed by atoms with Gasteiger partial charge in [0.25, 0.3) is 0 Å². The quantitative estimate of drug-likeness (QED) is 0.609. The van der Waals surface area contributed by atoms with Crippen molar-refractivity contribution < 1.29 is 4.74 Å². The number of anilines is 1. The fourth-order valence-corrected chi connectivity index (χ4v) is 3.91. The first-order chi connectivity index (χ1) is 13.1. The largest absolute Gasteiger partial charge is 0.381 e. The first-order valence-corrected chi connectivity index (χ1v) is 9.87. The van der Waals surface area contributed by atoms with Crippen molar-refractivity contribution in [3.63, 3.8) is 0 Å². The molecule has 4 rings (SSSR count). The second kappa shape index (κ2) is 7.86. The van der Waals surface area contributed by atoms with Crippen LogP contribution >= 0.6 is 34.8 Å². The van der Waals surface area contributed by atoms with Crippen molar-refractivity contribution in [3.8, 4) is 0 Å². The van der Waals surface area contributed by atoms with Gasteiger partial charge in [-0.05, 0) is 29.8 Å². The lowest BCUT2D eigenvalue weighted by atomic mass is 9.86. The molecule has 142 valence electrons. The molecule has 27 heavy (non-hydrogen) atoms. The number of rotatable bonds is 3. The fourth-order valence-electron chi connectivity index (χ4n) is 3.38. The average Bonchev–Trinajstić information content (AvgIpc) is 2.65. The van der Waals surface area contributed by atoms with Crippen molar-refractivity contribution in [1.82, 2.24) is 10.9 Å². The molecule has 0 atom stereocenters. The van der Waals surface area contributed by atoms with E-state index in [1.54, 1.807) is 6.07 Å². The van der Waals surface area contributed by atoms with Gasteiger partial charge in [0, 0.05) is 37.6 Å². The van der Waals surface area contributed by atoms with Gasteiger partial charge in [0.2, 0.25) is 0 Å². The van der Waals surface area contributed by atoms with Crippen LogP contribution in [0.2, 0.25) is 15.1 Å². The molecular formula is C19H19Cl3N4O. The summed E-state index contributed by atoms with van der Waals surface area (Å²) in [6.45, 7) is 1.94. The fraction of sp³-hybridized carbons (Fsp3) is 0.316. The molecule has 8 heteroatoms. The minimum Gasteiger partial charge on any atom is -0.381 e. The monoisotopic (exact) mass is 424 g/mol. The van der Waals surface area contributed by atoms with E-state index in [0.717, 1.165) is 35.6 Å². The summed E-state index contributed by atoms with van der Waals surface area (Å²) in [5.74, 6) is 0.818. The molecule has 1 fully saturated rings. The number of fused-ring (bicyclic) bond motifs is 1. The van der Waals surface area contributed by atoms with Crippen LogP contribution < -0.4 is 16.2 Å². The summed E-state index contributed by atoms with van der Waals surface area (Å²) in [6, 6.07) is 11.3. The van der Waals surface area contributed by atoms with Crippen molar-refractivity contribution in [3.05, 3.63) is 57.0 Å². The third-order valence-electron chi connectivity index (χ3n) is 4.83. The molecule has 1 saturated heterocycles. The van der Waals surface area contributed by atoms with Crippen molar-refractivity contribution in [2.45, 2.75) is 24.9 Å². The van der Waals surface area contributed by atoms with Gasteiger partial charge >= 0.3 is 0 Å². The summed E-state index contributed by atoms with van der Waals surface area (Å²) in [7, 11) is 0.